The molecule has 0 aromatic carbocycles. The van der Waals surface area contributed by atoms with Crippen LogP contribution in [-0.4, -0.2) is 46.0 Å². The number of hydrogen-bond donors (Lipinski definition) is 0. The van der Waals surface area contributed by atoms with E-state index < -0.39 is 10.8 Å². The number of rotatable bonds is 2. The number of nitrogens with zero attached hydrogens (tertiary/aromatic N) is 3. The van der Waals surface area contributed by atoms with Crippen LogP contribution >= 0.6 is 11.6 Å². The standard InChI is InChI=1S/C12H14ClN3O4/c1-7-6-20-8(2)5-15(7)12(17)9-3-11(13)14-4-10(9)16(18)19/h3-4,7-8H,5-6H2,1-2H3. The summed E-state index contributed by atoms with van der Waals surface area (Å²) in [4.78, 5) is 28.1. The monoisotopic (exact) mass is 299 g/mol. The molecule has 0 bridgehead atoms. The lowest BCUT2D eigenvalue weighted by molar-refractivity contribution is -0.385. The molecule has 0 aliphatic carbocycles. The van der Waals surface area contributed by atoms with Gasteiger partial charge in [0.2, 0.25) is 0 Å². The van der Waals surface area contributed by atoms with E-state index in [2.05, 4.69) is 4.98 Å². The number of pyridine rings is 1. The van der Waals surface area contributed by atoms with Crippen LogP contribution in [0.3, 0.4) is 0 Å². The Kier molecular flexibility index (Phi) is 4.20. The van der Waals surface area contributed by atoms with Crippen LogP contribution in [0.5, 0.6) is 0 Å². The highest BCUT2D eigenvalue weighted by Gasteiger charge is 2.32. The molecule has 2 rings (SSSR count). The van der Waals surface area contributed by atoms with Gasteiger partial charge in [0.25, 0.3) is 11.6 Å². The van der Waals surface area contributed by atoms with Gasteiger partial charge >= 0.3 is 0 Å². The lowest BCUT2D eigenvalue weighted by Crippen LogP contribution is -2.50. The third-order valence-electron chi connectivity index (χ3n) is 3.15. The van der Waals surface area contributed by atoms with Gasteiger partial charge in [0, 0.05) is 6.54 Å². The summed E-state index contributed by atoms with van der Waals surface area (Å²) < 4.78 is 5.44. The fourth-order valence-corrected chi connectivity index (χ4v) is 2.24. The van der Waals surface area contributed by atoms with Crippen molar-refractivity contribution in [1.82, 2.24) is 9.88 Å². The average molecular weight is 300 g/mol. The van der Waals surface area contributed by atoms with Crippen molar-refractivity contribution in [3.8, 4) is 0 Å². The summed E-state index contributed by atoms with van der Waals surface area (Å²) in [6.45, 7) is 4.47. The van der Waals surface area contributed by atoms with Gasteiger partial charge in [0.05, 0.1) is 23.7 Å². The molecule has 2 unspecified atom stereocenters. The molecule has 1 aliphatic heterocycles. The van der Waals surface area contributed by atoms with Crippen molar-refractivity contribution in [2.75, 3.05) is 13.2 Å². The highest BCUT2D eigenvalue weighted by molar-refractivity contribution is 6.29. The highest BCUT2D eigenvalue weighted by Crippen LogP contribution is 2.24. The molecule has 0 saturated carbocycles. The van der Waals surface area contributed by atoms with E-state index in [1.807, 2.05) is 13.8 Å². The third kappa shape index (κ3) is 2.88. The van der Waals surface area contributed by atoms with Gasteiger partial charge in [-0.05, 0) is 19.9 Å². The molecule has 1 aromatic rings. The van der Waals surface area contributed by atoms with E-state index in [1.165, 1.54) is 6.07 Å². The SMILES string of the molecule is CC1CN(C(=O)c2cc(Cl)ncc2[N+](=O)[O-])C(C)CO1. The Bertz CT molecular complexity index is 552. The zero-order valence-corrected chi connectivity index (χ0v) is 11.8. The molecule has 20 heavy (non-hydrogen) atoms. The van der Waals surface area contributed by atoms with Crippen molar-refractivity contribution >= 4 is 23.2 Å². The number of amides is 1. The van der Waals surface area contributed by atoms with Crippen LogP contribution in [0.15, 0.2) is 12.3 Å². The fraction of sp³-hybridized carbons (Fsp3) is 0.500. The maximum Gasteiger partial charge on any atom is 0.300 e. The minimum atomic E-state index is -0.634. The van der Waals surface area contributed by atoms with Gasteiger partial charge in [-0.3, -0.25) is 14.9 Å². The first-order chi connectivity index (χ1) is 9.40. The number of halogens is 1. The summed E-state index contributed by atoms with van der Waals surface area (Å²) in [5, 5.41) is 11.0. The topological polar surface area (TPSA) is 85.6 Å². The number of nitro groups is 1. The predicted octanol–water partition coefficient (Wildman–Crippen LogP) is 1.89. The molecule has 2 atom stereocenters. The van der Waals surface area contributed by atoms with E-state index in [-0.39, 0.29) is 28.5 Å². The first-order valence-corrected chi connectivity index (χ1v) is 6.50. The van der Waals surface area contributed by atoms with Gasteiger partial charge in [-0.2, -0.15) is 0 Å². The van der Waals surface area contributed by atoms with Crippen molar-refractivity contribution in [2.24, 2.45) is 0 Å². The van der Waals surface area contributed by atoms with Crippen LogP contribution in [0, 0.1) is 10.1 Å². The fourth-order valence-electron chi connectivity index (χ4n) is 2.08. The van der Waals surface area contributed by atoms with E-state index in [1.54, 1.807) is 4.90 Å². The van der Waals surface area contributed by atoms with Crippen molar-refractivity contribution in [1.29, 1.82) is 0 Å². The van der Waals surface area contributed by atoms with Crippen LogP contribution in [0.25, 0.3) is 0 Å². The number of carbonyl (C=O) groups excluding carboxylic acids is 1. The molecule has 108 valence electrons. The molecule has 0 N–H and O–H groups in total. The number of carbonyl (C=O) groups is 1. The van der Waals surface area contributed by atoms with Crippen molar-refractivity contribution in [3.05, 3.63) is 33.1 Å². The van der Waals surface area contributed by atoms with Gasteiger partial charge in [-0.25, -0.2) is 4.98 Å². The van der Waals surface area contributed by atoms with Crippen LogP contribution in [0.1, 0.15) is 24.2 Å². The van der Waals surface area contributed by atoms with Gasteiger partial charge < -0.3 is 9.64 Å². The summed E-state index contributed by atoms with van der Waals surface area (Å²) >= 11 is 5.74. The lowest BCUT2D eigenvalue weighted by atomic mass is 10.1. The Hall–Kier alpha value is -1.73. The Labute approximate surface area is 120 Å². The number of hydrogen-bond acceptors (Lipinski definition) is 5. The minimum absolute atomic E-state index is 0.0454. The van der Waals surface area contributed by atoms with E-state index in [9.17, 15) is 14.9 Å². The van der Waals surface area contributed by atoms with E-state index in [0.717, 1.165) is 6.20 Å². The van der Waals surface area contributed by atoms with Crippen LogP contribution < -0.4 is 0 Å². The van der Waals surface area contributed by atoms with Gasteiger partial charge in [-0.15, -0.1) is 0 Å². The maximum atomic E-state index is 12.5. The molecule has 1 amide bonds. The van der Waals surface area contributed by atoms with Gasteiger partial charge in [-0.1, -0.05) is 11.6 Å². The van der Waals surface area contributed by atoms with Crippen molar-refractivity contribution in [3.63, 3.8) is 0 Å². The molecule has 0 spiro atoms. The number of ether oxygens (including phenoxy) is 1. The lowest BCUT2D eigenvalue weighted by Gasteiger charge is -2.36. The summed E-state index contributed by atoms with van der Waals surface area (Å²) in [6.07, 6.45) is 0.899. The molecule has 1 fully saturated rings. The van der Waals surface area contributed by atoms with E-state index in [4.69, 9.17) is 16.3 Å². The van der Waals surface area contributed by atoms with Crippen LogP contribution in [0.2, 0.25) is 5.15 Å². The largest absolute Gasteiger partial charge is 0.375 e. The van der Waals surface area contributed by atoms with Crippen LogP contribution in [0.4, 0.5) is 5.69 Å². The second kappa shape index (κ2) is 5.72. The highest BCUT2D eigenvalue weighted by atomic mass is 35.5. The second-order valence-electron chi connectivity index (χ2n) is 4.73. The van der Waals surface area contributed by atoms with Gasteiger partial charge in [0.15, 0.2) is 0 Å². The Morgan fingerprint density at radius 3 is 2.95 bits per heavy atom. The molecule has 0 radical (unpaired) electrons. The summed E-state index contributed by atoms with van der Waals surface area (Å²) in [7, 11) is 0. The minimum Gasteiger partial charge on any atom is -0.375 e. The van der Waals surface area contributed by atoms with Crippen molar-refractivity contribution < 1.29 is 14.5 Å². The first-order valence-electron chi connectivity index (χ1n) is 6.12. The van der Waals surface area contributed by atoms with Crippen LogP contribution in [-0.2, 0) is 4.74 Å². The Morgan fingerprint density at radius 1 is 1.60 bits per heavy atom. The predicted molar refractivity (Wildman–Crippen MR) is 71.8 cm³/mol. The smallest absolute Gasteiger partial charge is 0.300 e. The molecular formula is C12H14ClN3O4. The molecular weight excluding hydrogens is 286 g/mol. The second-order valence-corrected chi connectivity index (χ2v) is 5.12. The molecule has 1 aliphatic rings. The third-order valence-corrected chi connectivity index (χ3v) is 3.35. The summed E-state index contributed by atoms with van der Waals surface area (Å²) in [5.41, 5.74) is -0.387. The van der Waals surface area contributed by atoms with Gasteiger partial charge in [0.1, 0.15) is 16.9 Å². The normalized spacial score (nSPS) is 22.6. The van der Waals surface area contributed by atoms with E-state index in [0.29, 0.717) is 13.2 Å². The number of morpholine rings is 1. The van der Waals surface area contributed by atoms with Crippen molar-refractivity contribution in [2.45, 2.75) is 26.0 Å². The molecule has 2 heterocycles. The Morgan fingerprint density at radius 2 is 2.30 bits per heavy atom. The average Bonchev–Trinajstić information content (AvgIpc) is 2.40. The quantitative estimate of drug-likeness (QED) is 0.473. The molecule has 8 heteroatoms. The number of aromatic nitrogens is 1. The maximum absolute atomic E-state index is 12.5. The Balaban J connectivity index is 2.37. The van der Waals surface area contributed by atoms with E-state index >= 15 is 0 Å². The molecule has 1 saturated heterocycles. The zero-order chi connectivity index (χ0) is 14.9. The molecule has 7 nitrogen and oxygen atoms in total. The first kappa shape index (κ1) is 14.7. The summed E-state index contributed by atoms with van der Waals surface area (Å²) in [6, 6.07) is 1.08. The molecule has 1 aromatic heterocycles. The zero-order valence-electron chi connectivity index (χ0n) is 11.1. The summed E-state index contributed by atoms with van der Waals surface area (Å²) in [5.74, 6) is -0.427.